The number of carboxylic acids is 1. The molecule has 0 saturated carbocycles. The van der Waals surface area contributed by atoms with Crippen molar-refractivity contribution in [2.45, 2.75) is 85.0 Å². The molecule has 0 aromatic heterocycles. The first-order chi connectivity index (χ1) is 18.5. The third-order valence-corrected chi connectivity index (χ3v) is 6.20. The monoisotopic (exact) mass is 571 g/mol. The van der Waals surface area contributed by atoms with Crippen LogP contribution in [-0.4, -0.2) is 83.8 Å². The number of aliphatic carboxylic acids is 1. The van der Waals surface area contributed by atoms with E-state index < -0.39 is 84.6 Å². The zero-order chi connectivity index (χ0) is 31.2. The number of nitrogens with one attached hydrogen (secondary N) is 5. The molecule has 40 heavy (non-hydrogen) atoms. The van der Waals surface area contributed by atoms with E-state index >= 15 is 0 Å². The van der Waals surface area contributed by atoms with Crippen molar-refractivity contribution in [3.63, 3.8) is 0 Å². The fourth-order valence-corrected chi connectivity index (χ4v) is 3.43. The van der Waals surface area contributed by atoms with Crippen LogP contribution in [0.5, 0.6) is 0 Å². The molecule has 0 aliphatic carbocycles. The van der Waals surface area contributed by atoms with E-state index in [-0.39, 0.29) is 24.7 Å². The molecular formula is C25H45N7O8. The SMILES string of the molecule is CC[C@H](C)[C@H](NC(=O)[C@@H](N)CCC(N)=O)C(=O)N[C@H](C(=O)NCC(=O)NCC(=O)N[C@H](C(=O)O)C(C)C)C(C)C. The Labute approximate surface area is 234 Å². The molecule has 0 spiro atoms. The molecule has 0 bridgehead atoms. The van der Waals surface area contributed by atoms with Crippen molar-refractivity contribution in [3.05, 3.63) is 0 Å². The molecule has 15 nitrogen and oxygen atoms in total. The highest BCUT2D eigenvalue weighted by molar-refractivity contribution is 5.95. The molecule has 228 valence electrons. The zero-order valence-corrected chi connectivity index (χ0v) is 24.0. The lowest BCUT2D eigenvalue weighted by molar-refractivity contribution is -0.143. The van der Waals surface area contributed by atoms with E-state index in [0.717, 1.165) is 0 Å². The van der Waals surface area contributed by atoms with Gasteiger partial charge < -0.3 is 43.2 Å². The molecule has 0 aliphatic rings. The minimum absolute atomic E-state index is 0.00856. The van der Waals surface area contributed by atoms with Crippen LogP contribution in [0, 0.1) is 17.8 Å². The molecule has 0 aromatic carbocycles. The summed E-state index contributed by atoms with van der Waals surface area (Å²) >= 11 is 0. The minimum atomic E-state index is -1.20. The third kappa shape index (κ3) is 13.4. The highest BCUT2D eigenvalue weighted by Crippen LogP contribution is 2.11. The molecule has 0 aliphatic heterocycles. The van der Waals surface area contributed by atoms with Crippen LogP contribution in [0.4, 0.5) is 0 Å². The Morgan fingerprint density at radius 3 is 1.70 bits per heavy atom. The Balaban J connectivity index is 5.11. The molecule has 6 amide bonds. The summed E-state index contributed by atoms with van der Waals surface area (Å²) in [6.07, 6.45) is 0.434. The minimum Gasteiger partial charge on any atom is -0.480 e. The van der Waals surface area contributed by atoms with Crippen LogP contribution in [-0.2, 0) is 33.6 Å². The summed E-state index contributed by atoms with van der Waals surface area (Å²) in [5.74, 6) is -6.25. The van der Waals surface area contributed by atoms with Gasteiger partial charge in [-0.3, -0.25) is 28.8 Å². The molecule has 0 saturated heterocycles. The largest absolute Gasteiger partial charge is 0.480 e. The molecule has 0 aromatic rings. The highest BCUT2D eigenvalue weighted by Gasteiger charge is 2.32. The van der Waals surface area contributed by atoms with Crippen LogP contribution in [0.15, 0.2) is 0 Å². The fraction of sp³-hybridized carbons (Fsp3) is 0.720. The lowest BCUT2D eigenvalue weighted by Crippen LogP contribution is -2.59. The number of carbonyl (C=O) groups is 7. The van der Waals surface area contributed by atoms with Crippen LogP contribution < -0.4 is 38.1 Å². The first kappa shape index (κ1) is 36.2. The lowest BCUT2D eigenvalue weighted by atomic mass is 9.96. The Hall–Kier alpha value is -3.75. The van der Waals surface area contributed by atoms with Crippen molar-refractivity contribution >= 4 is 41.4 Å². The number of carbonyl (C=O) groups excluding carboxylic acids is 6. The van der Waals surface area contributed by atoms with Gasteiger partial charge in [0, 0.05) is 6.42 Å². The number of nitrogens with two attached hydrogens (primary N) is 2. The van der Waals surface area contributed by atoms with Gasteiger partial charge >= 0.3 is 5.97 Å². The van der Waals surface area contributed by atoms with Crippen LogP contribution in [0.2, 0.25) is 0 Å². The molecule has 0 rings (SSSR count). The Kier molecular flexibility index (Phi) is 16.1. The van der Waals surface area contributed by atoms with Gasteiger partial charge in [-0.05, 0) is 24.2 Å². The maximum Gasteiger partial charge on any atom is 0.326 e. The summed E-state index contributed by atoms with van der Waals surface area (Å²) in [6, 6.07) is -4.25. The normalized spacial score (nSPS) is 14.7. The van der Waals surface area contributed by atoms with Gasteiger partial charge in [0.1, 0.15) is 18.1 Å². The molecule has 0 unspecified atom stereocenters. The molecule has 0 fully saturated rings. The molecule has 0 heterocycles. The second-order valence-corrected chi connectivity index (χ2v) is 10.3. The lowest BCUT2D eigenvalue weighted by Gasteiger charge is -2.28. The van der Waals surface area contributed by atoms with Gasteiger partial charge in [-0.1, -0.05) is 48.0 Å². The van der Waals surface area contributed by atoms with Crippen molar-refractivity contribution in [1.29, 1.82) is 0 Å². The van der Waals surface area contributed by atoms with Gasteiger partial charge in [-0.15, -0.1) is 0 Å². The summed E-state index contributed by atoms with van der Waals surface area (Å²) in [6.45, 7) is 9.17. The Morgan fingerprint density at radius 2 is 1.23 bits per heavy atom. The van der Waals surface area contributed by atoms with E-state index in [9.17, 15) is 33.6 Å². The first-order valence-electron chi connectivity index (χ1n) is 13.2. The van der Waals surface area contributed by atoms with Gasteiger partial charge in [0.05, 0.1) is 19.1 Å². The van der Waals surface area contributed by atoms with Crippen LogP contribution in [0.3, 0.4) is 0 Å². The highest BCUT2D eigenvalue weighted by atomic mass is 16.4. The van der Waals surface area contributed by atoms with Crippen LogP contribution >= 0.6 is 0 Å². The van der Waals surface area contributed by atoms with E-state index in [1.165, 1.54) is 0 Å². The Bertz CT molecular complexity index is 925. The van der Waals surface area contributed by atoms with E-state index in [2.05, 4.69) is 26.6 Å². The molecule has 10 N–H and O–H groups in total. The van der Waals surface area contributed by atoms with Crippen LogP contribution in [0.1, 0.15) is 60.8 Å². The summed E-state index contributed by atoms with van der Waals surface area (Å²) in [4.78, 5) is 84.7. The molecule has 0 radical (unpaired) electrons. The maximum absolute atomic E-state index is 13.1. The van der Waals surface area contributed by atoms with Gasteiger partial charge in [0.25, 0.3) is 0 Å². The van der Waals surface area contributed by atoms with Crippen molar-refractivity contribution in [1.82, 2.24) is 26.6 Å². The fourth-order valence-electron chi connectivity index (χ4n) is 3.43. The summed E-state index contributed by atoms with van der Waals surface area (Å²) in [5.41, 5.74) is 10.9. The van der Waals surface area contributed by atoms with Crippen molar-refractivity contribution in [3.8, 4) is 0 Å². The van der Waals surface area contributed by atoms with Gasteiger partial charge in [-0.25, -0.2) is 4.79 Å². The third-order valence-electron chi connectivity index (χ3n) is 6.20. The summed E-state index contributed by atoms with van der Waals surface area (Å²) in [5, 5.41) is 21.3. The van der Waals surface area contributed by atoms with Gasteiger partial charge in [0.15, 0.2) is 0 Å². The van der Waals surface area contributed by atoms with E-state index in [0.29, 0.717) is 6.42 Å². The number of primary amides is 1. The van der Waals surface area contributed by atoms with E-state index in [1.807, 2.05) is 6.92 Å². The van der Waals surface area contributed by atoms with E-state index in [4.69, 9.17) is 16.6 Å². The Morgan fingerprint density at radius 1 is 0.700 bits per heavy atom. The number of amides is 6. The first-order valence-corrected chi connectivity index (χ1v) is 13.2. The average molecular weight is 572 g/mol. The van der Waals surface area contributed by atoms with Crippen molar-refractivity contribution < 1.29 is 38.7 Å². The molecular weight excluding hydrogens is 526 g/mol. The summed E-state index contributed by atoms with van der Waals surface area (Å²) in [7, 11) is 0. The molecule has 5 atom stereocenters. The number of hydrogen-bond acceptors (Lipinski definition) is 8. The predicted molar refractivity (Wildman–Crippen MR) is 145 cm³/mol. The van der Waals surface area contributed by atoms with Crippen LogP contribution in [0.25, 0.3) is 0 Å². The van der Waals surface area contributed by atoms with E-state index in [1.54, 1.807) is 34.6 Å². The quantitative estimate of drug-likeness (QED) is 0.0879. The van der Waals surface area contributed by atoms with Crippen molar-refractivity contribution in [2.75, 3.05) is 13.1 Å². The number of hydrogen-bond donors (Lipinski definition) is 8. The maximum atomic E-state index is 13.1. The predicted octanol–water partition coefficient (Wildman–Crippen LogP) is -2.29. The topological polar surface area (TPSA) is 252 Å². The smallest absolute Gasteiger partial charge is 0.326 e. The molecule has 15 heteroatoms. The summed E-state index contributed by atoms with van der Waals surface area (Å²) < 4.78 is 0. The van der Waals surface area contributed by atoms with Gasteiger partial charge in [0.2, 0.25) is 35.4 Å². The second kappa shape index (κ2) is 17.8. The zero-order valence-electron chi connectivity index (χ0n) is 24.0. The standard InChI is InChI=1S/C25H45N7O8/c1-7-14(6)21(32-22(36)15(26)8-9-16(27)33)24(38)31-19(12(2)3)23(37)29-10-17(34)28-11-18(35)30-20(13(4)5)25(39)40/h12-15,19-21H,7-11,26H2,1-6H3,(H2,27,33)(H,28,34)(H,29,37)(H,30,35)(H,31,38)(H,32,36)(H,39,40)/t14-,15-,19-,20-,21-/m0/s1. The second-order valence-electron chi connectivity index (χ2n) is 10.3. The number of rotatable bonds is 18. The average Bonchev–Trinajstić information content (AvgIpc) is 2.87. The van der Waals surface area contributed by atoms with Crippen molar-refractivity contribution in [2.24, 2.45) is 29.2 Å². The number of carboxylic acid groups (broad SMARTS) is 1. The van der Waals surface area contributed by atoms with Gasteiger partial charge in [-0.2, -0.15) is 0 Å².